The average molecular weight is 616 g/mol. The van der Waals surface area contributed by atoms with Gasteiger partial charge < -0.3 is 15.4 Å². The monoisotopic (exact) mass is 615 g/mol. The van der Waals surface area contributed by atoms with Crippen LogP contribution in [0.1, 0.15) is 44.5 Å². The predicted octanol–water partition coefficient (Wildman–Crippen LogP) is 7.48. The van der Waals surface area contributed by atoms with Crippen molar-refractivity contribution < 1.29 is 18.7 Å². The summed E-state index contributed by atoms with van der Waals surface area (Å²) in [5.74, 6) is 0.933. The molecule has 4 amide bonds. The molecule has 0 saturated carbocycles. The number of carbonyl (C=O) groups excluding carboxylic acids is 2. The molecule has 2 aromatic heterocycles. The van der Waals surface area contributed by atoms with Crippen molar-refractivity contribution in [3.63, 3.8) is 0 Å². The van der Waals surface area contributed by atoms with E-state index in [0.29, 0.717) is 40.1 Å². The molecule has 0 aliphatic rings. The van der Waals surface area contributed by atoms with Gasteiger partial charge in [0.15, 0.2) is 5.13 Å². The zero-order valence-electron chi connectivity index (χ0n) is 25.1. The highest BCUT2D eigenvalue weighted by Crippen LogP contribution is 2.33. The molecule has 0 fully saturated rings. The van der Waals surface area contributed by atoms with Crippen LogP contribution in [0.2, 0.25) is 0 Å². The van der Waals surface area contributed by atoms with E-state index in [1.807, 2.05) is 44.2 Å². The number of hydrogen-bond donors (Lipinski definition) is 4. The topological polar surface area (TPSA) is 122 Å². The maximum atomic E-state index is 14.3. The van der Waals surface area contributed by atoms with E-state index in [4.69, 9.17) is 9.84 Å². The number of nitrogens with zero attached hydrogens (tertiary/aromatic N) is 3. The summed E-state index contributed by atoms with van der Waals surface area (Å²) >= 11 is 1.31. The molecular weight excluding hydrogens is 581 g/mol. The number of hydrogen-bond acceptors (Lipinski definition) is 6. The van der Waals surface area contributed by atoms with Crippen molar-refractivity contribution in [2.45, 2.75) is 46.6 Å². The van der Waals surface area contributed by atoms with Crippen LogP contribution >= 0.6 is 11.3 Å². The van der Waals surface area contributed by atoms with E-state index in [0.717, 1.165) is 21.6 Å². The highest BCUT2D eigenvalue weighted by molar-refractivity contribution is 7.22. The molecule has 10 nitrogen and oxygen atoms in total. The number of nitrogens with one attached hydrogen (secondary N) is 4. The fourth-order valence-corrected chi connectivity index (χ4v) is 5.18. The summed E-state index contributed by atoms with van der Waals surface area (Å²) in [5, 5.41) is 16.3. The number of fused-ring (bicyclic) bond motifs is 1. The number of rotatable bonds is 8. The van der Waals surface area contributed by atoms with Gasteiger partial charge in [0.2, 0.25) is 0 Å². The van der Waals surface area contributed by atoms with E-state index in [1.54, 1.807) is 22.9 Å². The largest absolute Gasteiger partial charge is 0.457 e. The Morgan fingerprint density at radius 3 is 2.43 bits per heavy atom. The van der Waals surface area contributed by atoms with E-state index in [-0.39, 0.29) is 18.0 Å². The first kappa shape index (κ1) is 30.5. The second kappa shape index (κ2) is 12.7. The Bertz CT molecular complexity index is 1810. The van der Waals surface area contributed by atoms with Crippen molar-refractivity contribution >= 4 is 44.6 Å². The lowest BCUT2D eigenvalue weighted by Crippen LogP contribution is -2.29. The molecule has 12 heteroatoms. The molecule has 0 atom stereocenters. The number of aryl methyl sites for hydroxylation is 1. The Kier molecular flexibility index (Phi) is 8.81. The standard InChI is InChI=1S/C32H34FN7O3S/c1-6-34-29(41)38-31-36-24-13-12-23(16-26(24)44-31)43-25-14-9-21(33)15-20(25)18-35-30(42)37-28-17-27(32(3,4)5)39-40(28)22-10-7-19(2)8-11-22/h7-17H,6,18H2,1-5H3,(H2,35,37,42)(H2,34,36,38,41). The van der Waals surface area contributed by atoms with Crippen LogP contribution in [0.3, 0.4) is 0 Å². The molecule has 3 aromatic carbocycles. The summed E-state index contributed by atoms with van der Waals surface area (Å²) < 4.78 is 22.9. The van der Waals surface area contributed by atoms with Crippen molar-refractivity contribution in [1.82, 2.24) is 25.4 Å². The van der Waals surface area contributed by atoms with Crippen molar-refractivity contribution in [1.29, 1.82) is 0 Å². The number of amides is 4. The molecule has 5 rings (SSSR count). The molecule has 4 N–H and O–H groups in total. The van der Waals surface area contributed by atoms with Crippen molar-refractivity contribution in [2.75, 3.05) is 17.2 Å². The second-order valence-electron chi connectivity index (χ2n) is 11.2. The van der Waals surface area contributed by atoms with Crippen LogP contribution in [0.4, 0.5) is 24.9 Å². The van der Waals surface area contributed by atoms with E-state index < -0.39 is 11.8 Å². The normalized spacial score (nSPS) is 11.3. The van der Waals surface area contributed by atoms with Gasteiger partial charge in [0.1, 0.15) is 23.1 Å². The van der Waals surface area contributed by atoms with Gasteiger partial charge in [0.05, 0.1) is 21.6 Å². The molecule has 44 heavy (non-hydrogen) atoms. The fourth-order valence-electron chi connectivity index (χ4n) is 4.29. The number of aromatic nitrogens is 3. The molecule has 228 valence electrons. The highest BCUT2D eigenvalue weighted by Gasteiger charge is 2.22. The van der Waals surface area contributed by atoms with Gasteiger partial charge >= 0.3 is 12.1 Å². The highest BCUT2D eigenvalue weighted by atomic mass is 32.1. The summed E-state index contributed by atoms with van der Waals surface area (Å²) in [7, 11) is 0. The Balaban J connectivity index is 1.30. The minimum Gasteiger partial charge on any atom is -0.457 e. The lowest BCUT2D eigenvalue weighted by Gasteiger charge is -2.14. The molecule has 0 aliphatic carbocycles. The van der Waals surface area contributed by atoms with Crippen LogP contribution < -0.4 is 26.0 Å². The van der Waals surface area contributed by atoms with Crippen LogP contribution in [0.15, 0.2) is 66.7 Å². The van der Waals surface area contributed by atoms with Gasteiger partial charge in [-0.15, -0.1) is 0 Å². The molecule has 0 radical (unpaired) electrons. The number of urea groups is 2. The van der Waals surface area contributed by atoms with Crippen molar-refractivity contribution in [3.8, 4) is 17.2 Å². The van der Waals surface area contributed by atoms with Crippen molar-refractivity contribution in [3.05, 3.63) is 89.4 Å². The lowest BCUT2D eigenvalue weighted by molar-refractivity contribution is 0.251. The van der Waals surface area contributed by atoms with Gasteiger partial charge in [0.25, 0.3) is 0 Å². The zero-order valence-corrected chi connectivity index (χ0v) is 25.9. The predicted molar refractivity (Wildman–Crippen MR) is 172 cm³/mol. The van der Waals surface area contributed by atoms with Gasteiger partial charge in [-0.3, -0.25) is 10.6 Å². The lowest BCUT2D eigenvalue weighted by atomic mass is 9.92. The minimum atomic E-state index is -0.479. The van der Waals surface area contributed by atoms with E-state index in [2.05, 4.69) is 47.0 Å². The molecule has 0 spiro atoms. The van der Waals surface area contributed by atoms with Crippen LogP contribution in [-0.2, 0) is 12.0 Å². The number of benzene rings is 3. The quantitative estimate of drug-likeness (QED) is 0.144. The third kappa shape index (κ3) is 7.32. The van der Waals surface area contributed by atoms with Crippen LogP contribution in [0, 0.1) is 12.7 Å². The number of anilines is 2. The first-order chi connectivity index (χ1) is 21.0. The van der Waals surface area contributed by atoms with Gasteiger partial charge in [0, 0.05) is 36.2 Å². The Morgan fingerprint density at radius 2 is 1.70 bits per heavy atom. The van der Waals surface area contributed by atoms with E-state index in [1.165, 1.54) is 29.5 Å². The van der Waals surface area contributed by atoms with Crippen LogP contribution in [0.5, 0.6) is 11.5 Å². The van der Waals surface area contributed by atoms with Crippen LogP contribution in [0.25, 0.3) is 15.9 Å². The zero-order chi connectivity index (χ0) is 31.4. The van der Waals surface area contributed by atoms with Gasteiger partial charge in [-0.2, -0.15) is 5.10 Å². The molecule has 0 bridgehead atoms. The van der Waals surface area contributed by atoms with Gasteiger partial charge in [-0.05, 0) is 56.3 Å². The van der Waals surface area contributed by atoms with E-state index in [9.17, 15) is 14.0 Å². The number of ether oxygens (including phenoxy) is 1. The molecule has 5 aromatic rings. The Morgan fingerprint density at radius 1 is 0.955 bits per heavy atom. The molecule has 0 unspecified atom stereocenters. The molecule has 0 aliphatic heterocycles. The van der Waals surface area contributed by atoms with Crippen LogP contribution in [-0.4, -0.2) is 33.4 Å². The maximum Gasteiger partial charge on any atom is 0.321 e. The first-order valence-electron chi connectivity index (χ1n) is 14.1. The maximum absolute atomic E-state index is 14.3. The number of thiazole rings is 1. The van der Waals surface area contributed by atoms with Crippen molar-refractivity contribution in [2.24, 2.45) is 0 Å². The summed E-state index contributed by atoms with van der Waals surface area (Å²) in [6, 6.07) is 18.3. The fraction of sp³-hybridized carbons (Fsp3) is 0.250. The molecule has 2 heterocycles. The second-order valence-corrected chi connectivity index (χ2v) is 12.2. The number of carbonyl (C=O) groups is 2. The number of halogens is 1. The Hall–Kier alpha value is -4.97. The molecular formula is C32H34FN7O3S. The minimum absolute atomic E-state index is 0.00708. The van der Waals surface area contributed by atoms with Gasteiger partial charge in [-0.1, -0.05) is 49.8 Å². The summed E-state index contributed by atoms with van der Waals surface area (Å²) in [5.41, 5.74) is 3.66. The molecule has 0 saturated heterocycles. The Labute approximate surface area is 258 Å². The average Bonchev–Trinajstić information content (AvgIpc) is 3.57. The summed E-state index contributed by atoms with van der Waals surface area (Å²) in [6.07, 6.45) is 0. The third-order valence-corrected chi connectivity index (χ3v) is 7.54. The summed E-state index contributed by atoms with van der Waals surface area (Å²) in [6.45, 7) is 10.5. The summed E-state index contributed by atoms with van der Waals surface area (Å²) in [4.78, 5) is 29.3. The SMILES string of the molecule is CCNC(=O)Nc1nc2ccc(Oc3ccc(F)cc3CNC(=O)Nc3cc(C(C)(C)C)nn3-c3ccc(C)cc3)cc2s1. The van der Waals surface area contributed by atoms with Gasteiger partial charge in [-0.25, -0.2) is 23.6 Å². The third-order valence-electron chi connectivity index (χ3n) is 6.61. The first-order valence-corrected chi connectivity index (χ1v) is 14.9. The smallest absolute Gasteiger partial charge is 0.321 e. The van der Waals surface area contributed by atoms with E-state index >= 15 is 0 Å².